The largest absolute Gasteiger partial charge is 0.444 e. The molecule has 1 aliphatic heterocycles. The predicted octanol–water partition coefficient (Wildman–Crippen LogP) is 4.05. The van der Waals surface area contributed by atoms with Crippen molar-refractivity contribution in [2.24, 2.45) is 4.99 Å². The number of aliphatic imine (C=N–C) groups is 1. The summed E-state index contributed by atoms with van der Waals surface area (Å²) in [7, 11) is 0. The molecule has 0 spiro atoms. The number of benzene rings is 1. The lowest BCUT2D eigenvalue weighted by Crippen LogP contribution is -2.39. The molecule has 0 bridgehead atoms. The number of amides is 1. The Morgan fingerprint density at radius 2 is 1.93 bits per heavy atom. The zero-order valence-electron chi connectivity index (χ0n) is 19.0. The Bertz CT molecular complexity index is 684. The minimum Gasteiger partial charge on any atom is -0.444 e. The average Bonchev–Trinajstić information content (AvgIpc) is 3.19. The molecule has 1 aromatic carbocycles. The van der Waals surface area contributed by atoms with Crippen LogP contribution in [0.5, 0.6) is 0 Å². The SMILES string of the molecule is CCNC(=NCCNC(=O)OC(C)(C)C)NC(C)c1cccc(N2CCCC2)c1.I. The minimum atomic E-state index is -0.497. The van der Waals surface area contributed by atoms with E-state index >= 15 is 0 Å². The van der Waals surface area contributed by atoms with E-state index in [-0.39, 0.29) is 30.0 Å². The summed E-state index contributed by atoms with van der Waals surface area (Å²) in [6.07, 6.45) is 2.12. The van der Waals surface area contributed by atoms with Crippen molar-refractivity contribution in [3.63, 3.8) is 0 Å². The van der Waals surface area contributed by atoms with E-state index in [9.17, 15) is 4.79 Å². The van der Waals surface area contributed by atoms with E-state index in [1.165, 1.54) is 24.1 Å². The van der Waals surface area contributed by atoms with Crippen molar-refractivity contribution in [3.8, 4) is 0 Å². The highest BCUT2D eigenvalue weighted by Crippen LogP contribution is 2.23. The van der Waals surface area contributed by atoms with E-state index in [1.807, 2.05) is 27.7 Å². The second-order valence-corrected chi connectivity index (χ2v) is 8.34. The Morgan fingerprint density at radius 3 is 2.57 bits per heavy atom. The number of carbonyl (C=O) groups is 1. The fourth-order valence-corrected chi connectivity index (χ4v) is 3.21. The van der Waals surface area contributed by atoms with Crippen molar-refractivity contribution in [1.82, 2.24) is 16.0 Å². The van der Waals surface area contributed by atoms with Crippen LogP contribution in [0.25, 0.3) is 0 Å². The van der Waals surface area contributed by atoms with E-state index in [4.69, 9.17) is 4.74 Å². The first-order valence-electron chi connectivity index (χ1n) is 10.6. The van der Waals surface area contributed by atoms with Gasteiger partial charge in [-0.25, -0.2) is 4.79 Å². The first-order valence-corrected chi connectivity index (χ1v) is 10.6. The molecule has 7 nitrogen and oxygen atoms in total. The average molecular weight is 531 g/mol. The van der Waals surface area contributed by atoms with Gasteiger partial charge in [0.1, 0.15) is 5.60 Å². The number of hydrogen-bond acceptors (Lipinski definition) is 4. The van der Waals surface area contributed by atoms with E-state index in [2.05, 4.69) is 57.0 Å². The molecular formula is C22H38IN5O2. The number of anilines is 1. The third-order valence-electron chi connectivity index (χ3n) is 4.59. The van der Waals surface area contributed by atoms with Gasteiger partial charge < -0.3 is 25.6 Å². The van der Waals surface area contributed by atoms with Crippen LogP contribution in [0.3, 0.4) is 0 Å². The zero-order valence-corrected chi connectivity index (χ0v) is 21.3. The molecule has 1 fully saturated rings. The van der Waals surface area contributed by atoms with Crippen molar-refractivity contribution in [3.05, 3.63) is 29.8 Å². The number of rotatable bonds is 7. The van der Waals surface area contributed by atoms with Gasteiger partial charge in [0.15, 0.2) is 5.96 Å². The molecule has 8 heteroatoms. The molecule has 1 atom stereocenters. The second-order valence-electron chi connectivity index (χ2n) is 8.34. The lowest BCUT2D eigenvalue weighted by atomic mass is 10.1. The van der Waals surface area contributed by atoms with Crippen LogP contribution in [0, 0.1) is 0 Å². The molecular weight excluding hydrogens is 493 g/mol. The Balaban J connectivity index is 0.00000450. The number of carbonyl (C=O) groups excluding carboxylic acids is 1. The van der Waals surface area contributed by atoms with Crippen LogP contribution < -0.4 is 20.9 Å². The Kier molecular flexibility index (Phi) is 11.3. The van der Waals surface area contributed by atoms with E-state index in [0.717, 1.165) is 25.6 Å². The van der Waals surface area contributed by atoms with Gasteiger partial charge in [0, 0.05) is 31.9 Å². The first kappa shape index (κ1) is 26.3. The molecule has 1 aromatic rings. The Labute approximate surface area is 198 Å². The standard InChI is InChI=1S/C22H37N5O2.HI/c1-6-23-20(24-12-13-25-21(28)29-22(3,4)5)26-17(2)18-10-9-11-19(16-18)27-14-7-8-15-27;/h9-11,16-17H,6-8,12-15H2,1-5H3,(H,25,28)(H2,23,24,26);1H. The molecule has 0 aromatic heterocycles. The van der Waals surface area contributed by atoms with Crippen LogP contribution in [-0.2, 0) is 4.74 Å². The zero-order chi connectivity index (χ0) is 21.3. The van der Waals surface area contributed by atoms with Crippen molar-refractivity contribution in [2.75, 3.05) is 37.6 Å². The molecule has 30 heavy (non-hydrogen) atoms. The summed E-state index contributed by atoms with van der Waals surface area (Å²) in [6, 6.07) is 8.83. The highest BCUT2D eigenvalue weighted by molar-refractivity contribution is 14.0. The number of ether oxygens (including phenoxy) is 1. The Hall–Kier alpha value is -1.71. The predicted molar refractivity (Wildman–Crippen MR) is 135 cm³/mol. The van der Waals surface area contributed by atoms with Gasteiger partial charge in [-0.05, 0) is 65.2 Å². The number of alkyl carbamates (subject to hydrolysis) is 1. The number of hydrogen-bond donors (Lipinski definition) is 3. The Morgan fingerprint density at radius 1 is 1.23 bits per heavy atom. The maximum atomic E-state index is 11.7. The monoisotopic (exact) mass is 531 g/mol. The molecule has 0 aliphatic carbocycles. The summed E-state index contributed by atoms with van der Waals surface area (Å²) in [4.78, 5) is 18.7. The van der Waals surface area contributed by atoms with Crippen LogP contribution >= 0.6 is 24.0 Å². The number of nitrogens with zero attached hydrogens (tertiary/aromatic N) is 2. The molecule has 1 aliphatic rings. The van der Waals surface area contributed by atoms with Gasteiger partial charge in [0.2, 0.25) is 0 Å². The van der Waals surface area contributed by atoms with Crippen molar-refractivity contribution in [2.45, 2.75) is 59.1 Å². The lowest BCUT2D eigenvalue weighted by molar-refractivity contribution is 0.0529. The molecule has 1 saturated heterocycles. The third-order valence-corrected chi connectivity index (χ3v) is 4.59. The molecule has 3 N–H and O–H groups in total. The van der Waals surface area contributed by atoms with Gasteiger partial charge in [-0.3, -0.25) is 4.99 Å². The highest BCUT2D eigenvalue weighted by atomic mass is 127. The fourth-order valence-electron chi connectivity index (χ4n) is 3.21. The molecule has 2 rings (SSSR count). The van der Waals surface area contributed by atoms with Crippen LogP contribution in [0.2, 0.25) is 0 Å². The van der Waals surface area contributed by atoms with Crippen LogP contribution in [0.4, 0.5) is 10.5 Å². The van der Waals surface area contributed by atoms with Crippen molar-refractivity contribution in [1.29, 1.82) is 0 Å². The number of halogens is 1. The summed E-state index contributed by atoms with van der Waals surface area (Å²) in [6.45, 7) is 13.6. The van der Waals surface area contributed by atoms with Gasteiger partial charge in [-0.1, -0.05) is 12.1 Å². The molecule has 1 amide bonds. The summed E-state index contributed by atoms with van der Waals surface area (Å²) in [5, 5.41) is 9.45. The van der Waals surface area contributed by atoms with E-state index in [0.29, 0.717) is 13.1 Å². The van der Waals surface area contributed by atoms with Gasteiger partial charge in [-0.15, -0.1) is 24.0 Å². The normalized spacial score (nSPS) is 15.2. The number of guanidine groups is 1. The molecule has 0 radical (unpaired) electrons. The van der Waals surface area contributed by atoms with Crippen molar-refractivity contribution >= 4 is 41.7 Å². The van der Waals surface area contributed by atoms with Gasteiger partial charge in [0.25, 0.3) is 0 Å². The van der Waals surface area contributed by atoms with Gasteiger partial charge in [0.05, 0.1) is 12.6 Å². The maximum absolute atomic E-state index is 11.7. The fraction of sp³-hybridized carbons (Fsp3) is 0.636. The van der Waals surface area contributed by atoms with Crippen LogP contribution in [0.15, 0.2) is 29.3 Å². The van der Waals surface area contributed by atoms with Gasteiger partial charge in [-0.2, -0.15) is 0 Å². The molecule has 170 valence electrons. The summed E-state index contributed by atoms with van der Waals surface area (Å²) in [5.74, 6) is 0.734. The lowest BCUT2D eigenvalue weighted by Gasteiger charge is -2.22. The quantitative estimate of drug-likeness (QED) is 0.214. The number of nitrogens with one attached hydrogen (secondary N) is 3. The van der Waals surface area contributed by atoms with Gasteiger partial charge >= 0.3 is 6.09 Å². The van der Waals surface area contributed by atoms with Crippen LogP contribution in [0.1, 0.15) is 59.1 Å². The van der Waals surface area contributed by atoms with Crippen LogP contribution in [-0.4, -0.2) is 50.4 Å². The summed E-state index contributed by atoms with van der Waals surface area (Å²) < 4.78 is 5.23. The smallest absolute Gasteiger partial charge is 0.407 e. The molecule has 0 saturated carbocycles. The van der Waals surface area contributed by atoms with Crippen molar-refractivity contribution < 1.29 is 9.53 Å². The third kappa shape index (κ3) is 9.40. The molecule has 1 unspecified atom stereocenters. The van der Waals surface area contributed by atoms with E-state index in [1.54, 1.807) is 0 Å². The second kappa shape index (κ2) is 12.9. The first-order chi connectivity index (χ1) is 13.8. The topological polar surface area (TPSA) is 78.0 Å². The van der Waals surface area contributed by atoms with E-state index < -0.39 is 11.7 Å². The highest BCUT2D eigenvalue weighted by Gasteiger charge is 2.16. The minimum absolute atomic E-state index is 0. The molecule has 1 heterocycles. The summed E-state index contributed by atoms with van der Waals surface area (Å²) >= 11 is 0. The maximum Gasteiger partial charge on any atom is 0.407 e. The summed E-state index contributed by atoms with van der Waals surface area (Å²) in [5.41, 5.74) is 2.02.